The molecule has 8 heteroatoms. The molecule has 2 heterocycles. The van der Waals surface area contributed by atoms with Crippen molar-refractivity contribution in [1.29, 1.82) is 0 Å². The number of anilines is 3. The van der Waals surface area contributed by atoms with Crippen LogP contribution in [0.15, 0.2) is 67.0 Å². The topological polar surface area (TPSA) is 80.7 Å². The molecule has 172 valence electrons. The van der Waals surface area contributed by atoms with Crippen LogP contribution in [0.4, 0.5) is 21.5 Å². The molecule has 1 aliphatic heterocycles. The van der Waals surface area contributed by atoms with Crippen molar-refractivity contribution in [2.45, 2.75) is 12.8 Å². The van der Waals surface area contributed by atoms with Crippen LogP contribution >= 0.6 is 0 Å². The summed E-state index contributed by atoms with van der Waals surface area (Å²) in [5, 5.41) is 12.0. The third-order valence-electron chi connectivity index (χ3n) is 5.78. The minimum atomic E-state index is -0.388. The van der Waals surface area contributed by atoms with E-state index >= 15 is 0 Å². The van der Waals surface area contributed by atoms with Gasteiger partial charge in [0.05, 0.1) is 0 Å². The van der Waals surface area contributed by atoms with E-state index in [1.807, 2.05) is 30.5 Å². The van der Waals surface area contributed by atoms with E-state index in [2.05, 4.69) is 38.3 Å². The Bertz CT molecular complexity index is 1050. The highest BCUT2D eigenvalue weighted by Gasteiger charge is 2.19. The lowest BCUT2D eigenvalue weighted by atomic mass is 10.0. The van der Waals surface area contributed by atoms with Gasteiger partial charge in [-0.25, -0.2) is 9.87 Å². The van der Waals surface area contributed by atoms with Crippen LogP contribution in [-0.2, 0) is 4.79 Å². The number of nitrogens with one attached hydrogen (secondary N) is 2. The molecule has 0 spiro atoms. The zero-order valence-electron chi connectivity index (χ0n) is 18.4. The summed E-state index contributed by atoms with van der Waals surface area (Å²) in [6.07, 6.45) is 4.47. The van der Waals surface area contributed by atoms with E-state index in [4.69, 9.17) is 5.21 Å². The van der Waals surface area contributed by atoms with Crippen molar-refractivity contribution in [3.63, 3.8) is 0 Å². The van der Waals surface area contributed by atoms with Gasteiger partial charge in [0.1, 0.15) is 5.82 Å². The van der Waals surface area contributed by atoms with Gasteiger partial charge in [0, 0.05) is 74.2 Å². The molecule has 3 aromatic rings. The summed E-state index contributed by atoms with van der Waals surface area (Å²) in [6.45, 7) is 4.01. The van der Waals surface area contributed by atoms with Gasteiger partial charge in [0.25, 0.3) is 0 Å². The highest BCUT2D eigenvalue weighted by atomic mass is 19.1. The standard InChI is InChI=1S/C25H28FN5O2/c26-21-5-7-23(8-6-21)30-11-13-31(14-12-30)24-16-20(19-3-1-9-27-18-19)15-22(17-24)28-10-2-4-25(32)29-33/h1,3,5-9,15-18,28,33H,2,4,10-14H2,(H,29,32). The molecule has 0 bridgehead atoms. The van der Waals surface area contributed by atoms with Crippen molar-refractivity contribution < 1.29 is 14.4 Å². The first-order valence-electron chi connectivity index (χ1n) is 11.1. The maximum Gasteiger partial charge on any atom is 0.243 e. The van der Waals surface area contributed by atoms with E-state index in [0.29, 0.717) is 13.0 Å². The predicted molar refractivity (Wildman–Crippen MR) is 128 cm³/mol. The number of hydroxylamine groups is 1. The van der Waals surface area contributed by atoms with E-state index in [1.54, 1.807) is 11.7 Å². The van der Waals surface area contributed by atoms with E-state index in [9.17, 15) is 9.18 Å². The molecule has 0 radical (unpaired) electrons. The smallest absolute Gasteiger partial charge is 0.243 e. The lowest BCUT2D eigenvalue weighted by Crippen LogP contribution is -2.46. The zero-order chi connectivity index (χ0) is 23.0. The Morgan fingerprint density at radius 3 is 2.36 bits per heavy atom. The summed E-state index contributed by atoms with van der Waals surface area (Å²) in [7, 11) is 0. The van der Waals surface area contributed by atoms with Crippen LogP contribution in [0.5, 0.6) is 0 Å². The number of carbonyl (C=O) groups excluding carboxylic acids is 1. The van der Waals surface area contributed by atoms with Gasteiger partial charge >= 0.3 is 0 Å². The number of pyridine rings is 1. The number of hydrogen-bond acceptors (Lipinski definition) is 6. The summed E-state index contributed by atoms with van der Waals surface area (Å²) < 4.78 is 13.3. The van der Waals surface area contributed by atoms with Crippen LogP contribution in [0.2, 0.25) is 0 Å². The van der Waals surface area contributed by atoms with Gasteiger partial charge < -0.3 is 15.1 Å². The molecule has 0 saturated carbocycles. The number of piperazine rings is 1. The Balaban J connectivity index is 1.48. The Labute approximate surface area is 192 Å². The molecule has 1 amide bonds. The van der Waals surface area contributed by atoms with Gasteiger partial charge in [-0.15, -0.1) is 0 Å². The minimum Gasteiger partial charge on any atom is -0.385 e. The average Bonchev–Trinajstić information content (AvgIpc) is 2.87. The highest BCUT2D eigenvalue weighted by molar-refractivity contribution is 5.75. The van der Waals surface area contributed by atoms with Crippen molar-refractivity contribution in [2.24, 2.45) is 0 Å². The van der Waals surface area contributed by atoms with Crippen LogP contribution < -0.4 is 20.6 Å². The van der Waals surface area contributed by atoms with Gasteiger partial charge in [0.15, 0.2) is 0 Å². The van der Waals surface area contributed by atoms with Crippen molar-refractivity contribution in [1.82, 2.24) is 10.5 Å². The molecular weight excluding hydrogens is 421 g/mol. The van der Waals surface area contributed by atoms with Crippen molar-refractivity contribution >= 4 is 23.0 Å². The van der Waals surface area contributed by atoms with Gasteiger partial charge in [-0.05, 0) is 60.5 Å². The Hall–Kier alpha value is -3.65. The Morgan fingerprint density at radius 1 is 0.970 bits per heavy atom. The second-order valence-electron chi connectivity index (χ2n) is 8.03. The maximum atomic E-state index is 13.3. The normalized spacial score (nSPS) is 13.6. The van der Waals surface area contributed by atoms with Crippen molar-refractivity contribution in [2.75, 3.05) is 47.8 Å². The van der Waals surface area contributed by atoms with Gasteiger partial charge in [-0.1, -0.05) is 6.07 Å². The molecule has 1 aliphatic rings. The van der Waals surface area contributed by atoms with E-state index in [1.165, 1.54) is 12.1 Å². The molecule has 0 aliphatic carbocycles. The molecule has 3 N–H and O–H groups in total. The fourth-order valence-electron chi connectivity index (χ4n) is 4.01. The second kappa shape index (κ2) is 10.8. The third kappa shape index (κ3) is 5.98. The van der Waals surface area contributed by atoms with Gasteiger partial charge in [-0.2, -0.15) is 0 Å². The number of benzene rings is 2. The van der Waals surface area contributed by atoms with Crippen LogP contribution in [0.3, 0.4) is 0 Å². The fourth-order valence-corrected chi connectivity index (χ4v) is 4.01. The predicted octanol–water partition coefficient (Wildman–Crippen LogP) is 3.91. The fraction of sp³-hybridized carbons (Fsp3) is 0.280. The number of rotatable bonds is 8. The molecule has 0 unspecified atom stereocenters. The SMILES string of the molecule is O=C(CCCNc1cc(-c2cccnc2)cc(N2CCN(c3ccc(F)cc3)CC2)c1)NO. The lowest BCUT2D eigenvalue weighted by Gasteiger charge is -2.37. The molecule has 0 atom stereocenters. The largest absolute Gasteiger partial charge is 0.385 e. The van der Waals surface area contributed by atoms with Crippen molar-refractivity contribution in [3.05, 3.63) is 72.8 Å². The summed E-state index contributed by atoms with van der Waals surface area (Å²) in [5.41, 5.74) is 6.88. The maximum absolute atomic E-state index is 13.3. The van der Waals surface area contributed by atoms with E-state index in [-0.39, 0.29) is 18.1 Å². The van der Waals surface area contributed by atoms with Gasteiger partial charge in [-0.3, -0.25) is 15.0 Å². The number of aromatic nitrogens is 1. The minimum absolute atomic E-state index is 0.221. The summed E-state index contributed by atoms with van der Waals surface area (Å²) >= 11 is 0. The third-order valence-corrected chi connectivity index (χ3v) is 5.78. The molecular formula is C25H28FN5O2. The summed E-state index contributed by atoms with van der Waals surface area (Å²) in [5.74, 6) is -0.609. The summed E-state index contributed by atoms with van der Waals surface area (Å²) in [4.78, 5) is 20.1. The van der Waals surface area contributed by atoms with E-state index in [0.717, 1.165) is 54.4 Å². The number of nitrogens with zero attached hydrogens (tertiary/aromatic N) is 3. The number of hydrogen-bond donors (Lipinski definition) is 3. The number of carbonyl (C=O) groups is 1. The van der Waals surface area contributed by atoms with Crippen LogP contribution in [0.1, 0.15) is 12.8 Å². The molecule has 7 nitrogen and oxygen atoms in total. The molecule has 33 heavy (non-hydrogen) atoms. The molecule has 2 aromatic carbocycles. The Kier molecular flexibility index (Phi) is 7.36. The van der Waals surface area contributed by atoms with Crippen molar-refractivity contribution in [3.8, 4) is 11.1 Å². The highest BCUT2D eigenvalue weighted by Crippen LogP contribution is 2.30. The van der Waals surface area contributed by atoms with Crippen LogP contribution in [0.25, 0.3) is 11.1 Å². The first kappa shape index (κ1) is 22.5. The first-order valence-corrected chi connectivity index (χ1v) is 11.1. The summed E-state index contributed by atoms with van der Waals surface area (Å²) in [6, 6.07) is 17.0. The molecule has 1 fully saturated rings. The number of halogens is 1. The zero-order valence-corrected chi connectivity index (χ0v) is 18.4. The van der Waals surface area contributed by atoms with E-state index < -0.39 is 0 Å². The van der Waals surface area contributed by atoms with Crippen LogP contribution in [0, 0.1) is 5.82 Å². The quantitative estimate of drug-likeness (QED) is 0.275. The molecule has 4 rings (SSSR count). The van der Waals surface area contributed by atoms with Crippen LogP contribution in [-0.4, -0.2) is 48.8 Å². The Morgan fingerprint density at radius 2 is 1.70 bits per heavy atom. The number of amides is 1. The first-order chi connectivity index (χ1) is 16.1. The average molecular weight is 450 g/mol. The molecule has 1 aromatic heterocycles. The monoisotopic (exact) mass is 449 g/mol. The van der Waals surface area contributed by atoms with Gasteiger partial charge in [0.2, 0.25) is 5.91 Å². The molecule has 1 saturated heterocycles. The second-order valence-corrected chi connectivity index (χ2v) is 8.03. The lowest BCUT2D eigenvalue weighted by molar-refractivity contribution is -0.129.